The second-order valence-corrected chi connectivity index (χ2v) is 6.95. The number of methoxy groups -OCH3 is 2. The first-order valence-electron chi connectivity index (χ1n) is 9.80. The lowest BCUT2D eigenvalue weighted by Gasteiger charge is -2.16. The molecule has 1 saturated heterocycles. The van der Waals surface area contributed by atoms with Crippen LogP contribution in [0, 0.1) is 6.92 Å². The average Bonchev–Trinajstić information content (AvgIpc) is 3.38. The first-order valence-corrected chi connectivity index (χ1v) is 9.80. The van der Waals surface area contributed by atoms with Gasteiger partial charge >= 0.3 is 0 Å². The van der Waals surface area contributed by atoms with E-state index in [1.807, 2.05) is 36.7 Å². The van der Waals surface area contributed by atoms with Gasteiger partial charge in [0.15, 0.2) is 23.3 Å². The Balaban J connectivity index is 0.00000320. The maximum Gasteiger partial charge on any atom is 0.192 e. The largest absolute Gasteiger partial charge is 0.493 e. The lowest BCUT2D eigenvalue weighted by Crippen LogP contribution is -2.41. The van der Waals surface area contributed by atoms with Crippen LogP contribution in [0.25, 0.3) is 0 Å². The number of hydrogen-bond acceptors (Lipinski definition) is 6. The Morgan fingerprint density at radius 2 is 2.03 bits per heavy atom. The molecule has 1 unspecified atom stereocenters. The summed E-state index contributed by atoms with van der Waals surface area (Å²) in [5.41, 5.74) is 1.02. The summed E-state index contributed by atoms with van der Waals surface area (Å²) in [6.45, 7) is 4.50. The maximum absolute atomic E-state index is 5.70. The zero-order chi connectivity index (χ0) is 20.6. The third-order valence-corrected chi connectivity index (χ3v) is 4.99. The average molecular weight is 530 g/mol. The molecule has 9 nitrogen and oxygen atoms in total. The number of nitrogens with one attached hydrogen (secondary N) is 2. The van der Waals surface area contributed by atoms with Crippen molar-refractivity contribution in [3.05, 3.63) is 35.4 Å². The number of benzene rings is 1. The van der Waals surface area contributed by atoms with E-state index in [0.717, 1.165) is 43.2 Å². The molecule has 2 aromatic rings. The molecule has 0 aliphatic carbocycles. The number of aliphatic imine (C=N–C) groups is 1. The lowest BCUT2D eigenvalue weighted by atomic mass is 10.2. The molecule has 30 heavy (non-hydrogen) atoms. The fraction of sp³-hybridized carbons (Fsp3) is 0.550. The van der Waals surface area contributed by atoms with Crippen LogP contribution >= 0.6 is 24.0 Å². The molecule has 1 aromatic heterocycles. The van der Waals surface area contributed by atoms with Crippen molar-refractivity contribution < 1.29 is 14.2 Å². The van der Waals surface area contributed by atoms with Crippen LogP contribution in [0.1, 0.15) is 30.1 Å². The van der Waals surface area contributed by atoms with Gasteiger partial charge in [-0.1, -0.05) is 6.07 Å². The highest BCUT2D eigenvalue weighted by Gasteiger charge is 2.16. The monoisotopic (exact) mass is 530 g/mol. The number of rotatable bonds is 8. The molecule has 0 saturated carbocycles. The first-order chi connectivity index (χ1) is 14.1. The van der Waals surface area contributed by atoms with Crippen molar-refractivity contribution in [1.29, 1.82) is 0 Å². The number of guanidine groups is 1. The highest BCUT2D eigenvalue weighted by atomic mass is 127. The third kappa shape index (κ3) is 6.46. The maximum atomic E-state index is 5.70. The summed E-state index contributed by atoms with van der Waals surface area (Å²) in [7, 11) is 5.21. The van der Waals surface area contributed by atoms with E-state index in [2.05, 4.69) is 20.8 Å². The standard InChI is InChI=1S/C20H30N6O3.HI/c1-14-24-25-19(26(14)2)13-23-20(22-12-16-6-5-9-29-16)21-11-15-7-8-17(27-3)18(10-15)28-4;/h7-8,10,16H,5-6,9,11-13H2,1-4H3,(H2,21,22,23);1H. The zero-order valence-electron chi connectivity index (χ0n) is 18.0. The fourth-order valence-corrected chi connectivity index (χ4v) is 3.11. The van der Waals surface area contributed by atoms with E-state index in [0.29, 0.717) is 30.5 Å². The van der Waals surface area contributed by atoms with Crippen LogP contribution in [-0.4, -0.2) is 54.2 Å². The summed E-state index contributed by atoms with van der Waals surface area (Å²) < 4.78 is 18.3. The second-order valence-electron chi connectivity index (χ2n) is 6.95. The van der Waals surface area contributed by atoms with Gasteiger partial charge in [0.05, 0.1) is 33.4 Å². The second kappa shape index (κ2) is 11.9. The van der Waals surface area contributed by atoms with Crippen molar-refractivity contribution in [3.63, 3.8) is 0 Å². The van der Waals surface area contributed by atoms with Crippen LogP contribution in [0.5, 0.6) is 11.5 Å². The minimum absolute atomic E-state index is 0. The van der Waals surface area contributed by atoms with Gasteiger partial charge in [-0.15, -0.1) is 34.2 Å². The molecular weight excluding hydrogens is 499 g/mol. The predicted molar refractivity (Wildman–Crippen MR) is 126 cm³/mol. The van der Waals surface area contributed by atoms with E-state index in [-0.39, 0.29) is 30.1 Å². The van der Waals surface area contributed by atoms with E-state index in [4.69, 9.17) is 19.2 Å². The topological polar surface area (TPSA) is 94.8 Å². The quantitative estimate of drug-likeness (QED) is 0.307. The van der Waals surface area contributed by atoms with E-state index in [1.54, 1.807) is 14.2 Å². The number of hydrogen-bond donors (Lipinski definition) is 2. The zero-order valence-corrected chi connectivity index (χ0v) is 20.3. The van der Waals surface area contributed by atoms with Gasteiger partial charge in [-0.05, 0) is 37.5 Å². The number of halogens is 1. The van der Waals surface area contributed by atoms with Crippen molar-refractivity contribution >= 4 is 29.9 Å². The highest BCUT2D eigenvalue weighted by Crippen LogP contribution is 2.27. The van der Waals surface area contributed by atoms with Crippen LogP contribution in [0.2, 0.25) is 0 Å². The summed E-state index contributed by atoms with van der Waals surface area (Å²) in [6.07, 6.45) is 2.40. The van der Waals surface area contributed by atoms with Gasteiger partial charge in [0.25, 0.3) is 0 Å². The molecular formula is C20H31IN6O3. The van der Waals surface area contributed by atoms with Crippen molar-refractivity contribution in [1.82, 2.24) is 25.4 Å². The predicted octanol–water partition coefficient (Wildman–Crippen LogP) is 2.17. The van der Waals surface area contributed by atoms with E-state index in [1.165, 1.54) is 0 Å². The van der Waals surface area contributed by atoms with Crippen LogP contribution in [0.15, 0.2) is 23.2 Å². The van der Waals surface area contributed by atoms with Gasteiger partial charge in [-0.25, -0.2) is 4.99 Å². The van der Waals surface area contributed by atoms with E-state index < -0.39 is 0 Å². The Labute approximate surface area is 194 Å². The molecule has 3 rings (SSSR count). The fourth-order valence-electron chi connectivity index (χ4n) is 3.11. The summed E-state index contributed by atoms with van der Waals surface area (Å²) in [5, 5.41) is 15.0. The van der Waals surface area contributed by atoms with Crippen LogP contribution in [0.3, 0.4) is 0 Å². The highest BCUT2D eigenvalue weighted by molar-refractivity contribution is 14.0. The molecule has 1 aliphatic rings. The normalized spacial score (nSPS) is 16.1. The van der Waals surface area contributed by atoms with Gasteiger partial charge in [0, 0.05) is 20.2 Å². The smallest absolute Gasteiger partial charge is 0.192 e. The Morgan fingerprint density at radius 1 is 1.23 bits per heavy atom. The summed E-state index contributed by atoms with van der Waals surface area (Å²) >= 11 is 0. The number of aryl methyl sites for hydroxylation is 1. The Morgan fingerprint density at radius 3 is 2.67 bits per heavy atom. The number of aromatic nitrogens is 3. The Kier molecular flexibility index (Phi) is 9.63. The van der Waals surface area contributed by atoms with Crippen LogP contribution in [0.4, 0.5) is 0 Å². The molecule has 1 aliphatic heterocycles. The Bertz CT molecular complexity index is 836. The molecule has 1 atom stereocenters. The van der Waals surface area contributed by atoms with Gasteiger partial charge in [-0.2, -0.15) is 0 Å². The molecule has 2 N–H and O–H groups in total. The molecule has 0 bridgehead atoms. The number of ether oxygens (including phenoxy) is 3. The molecule has 166 valence electrons. The molecule has 0 spiro atoms. The van der Waals surface area contributed by atoms with E-state index >= 15 is 0 Å². The lowest BCUT2D eigenvalue weighted by molar-refractivity contribution is 0.113. The van der Waals surface area contributed by atoms with Crippen molar-refractivity contribution in [2.75, 3.05) is 27.4 Å². The van der Waals surface area contributed by atoms with Crippen LogP contribution < -0.4 is 20.1 Å². The molecule has 10 heteroatoms. The number of nitrogens with zero attached hydrogens (tertiary/aromatic N) is 4. The van der Waals surface area contributed by atoms with Crippen molar-refractivity contribution in [2.24, 2.45) is 12.0 Å². The molecule has 0 radical (unpaired) electrons. The third-order valence-electron chi connectivity index (χ3n) is 4.99. The molecule has 0 amide bonds. The Hall–Kier alpha value is -2.08. The SMILES string of the molecule is COc1ccc(CN=C(NCc2nnc(C)n2C)NCC2CCCO2)cc1OC.I. The van der Waals surface area contributed by atoms with Gasteiger partial charge in [-0.3, -0.25) is 0 Å². The molecule has 1 fully saturated rings. The van der Waals surface area contributed by atoms with Gasteiger partial charge in [0.2, 0.25) is 0 Å². The molecule has 1 aromatic carbocycles. The van der Waals surface area contributed by atoms with Gasteiger partial charge < -0.3 is 29.4 Å². The minimum Gasteiger partial charge on any atom is -0.493 e. The van der Waals surface area contributed by atoms with Crippen molar-refractivity contribution in [3.8, 4) is 11.5 Å². The van der Waals surface area contributed by atoms with E-state index in [9.17, 15) is 0 Å². The van der Waals surface area contributed by atoms with Crippen molar-refractivity contribution in [2.45, 2.75) is 39.0 Å². The summed E-state index contributed by atoms with van der Waals surface area (Å²) in [5.74, 6) is 3.82. The summed E-state index contributed by atoms with van der Waals surface area (Å²) in [4.78, 5) is 4.72. The minimum atomic E-state index is 0. The van der Waals surface area contributed by atoms with Crippen LogP contribution in [-0.2, 0) is 24.9 Å². The van der Waals surface area contributed by atoms with Gasteiger partial charge in [0.1, 0.15) is 5.82 Å². The first kappa shape index (κ1) is 24.2. The summed E-state index contributed by atoms with van der Waals surface area (Å²) in [6, 6.07) is 5.81. The molecule has 2 heterocycles.